The third-order valence-electron chi connectivity index (χ3n) is 7.65. The van der Waals surface area contributed by atoms with Crippen LogP contribution in [0.4, 0.5) is 5.82 Å². The lowest BCUT2D eigenvalue weighted by atomic mass is 10.0. The second-order valence-corrected chi connectivity index (χ2v) is 13.5. The molecule has 10 nitrogen and oxygen atoms in total. The van der Waals surface area contributed by atoms with Crippen LogP contribution in [0.2, 0.25) is 0 Å². The van der Waals surface area contributed by atoms with Crippen LogP contribution in [0.25, 0.3) is 0 Å². The third-order valence-corrected chi connectivity index (χ3v) is 8.15. The zero-order chi connectivity index (χ0) is 32.6. The van der Waals surface area contributed by atoms with Gasteiger partial charge in [0.25, 0.3) is 5.88 Å². The fourth-order valence-corrected chi connectivity index (χ4v) is 5.52. The monoisotopic (exact) mass is 652 g/mol. The summed E-state index contributed by atoms with van der Waals surface area (Å²) in [6.45, 7) is 11.9. The molecule has 1 saturated heterocycles. The molecule has 1 aromatic heterocycles. The smallest absolute Gasteiger partial charge is 0.331 e. The number of aromatic nitrogens is 2. The van der Waals surface area contributed by atoms with E-state index in [1.165, 1.54) is 77.0 Å². The summed E-state index contributed by atoms with van der Waals surface area (Å²) in [5.41, 5.74) is -0.182. The van der Waals surface area contributed by atoms with Gasteiger partial charge in [0.1, 0.15) is 12.7 Å². The van der Waals surface area contributed by atoms with Crippen molar-refractivity contribution < 1.29 is 28.5 Å². The van der Waals surface area contributed by atoms with Crippen molar-refractivity contribution in [1.29, 1.82) is 0 Å². The predicted molar refractivity (Wildman–Crippen MR) is 181 cm³/mol. The van der Waals surface area contributed by atoms with Gasteiger partial charge in [-0.3, -0.25) is 0 Å². The summed E-state index contributed by atoms with van der Waals surface area (Å²) in [6, 6.07) is 0. The van der Waals surface area contributed by atoms with E-state index in [-0.39, 0.29) is 12.1 Å². The lowest BCUT2D eigenvalue weighted by Gasteiger charge is -2.27. The van der Waals surface area contributed by atoms with Crippen LogP contribution in [0.1, 0.15) is 124 Å². The second kappa shape index (κ2) is 24.0. The molecule has 0 bridgehead atoms. The number of esters is 2. The lowest BCUT2D eigenvalue weighted by molar-refractivity contribution is -0.145. The molecule has 0 aromatic carbocycles. The van der Waals surface area contributed by atoms with Crippen molar-refractivity contribution in [3.05, 3.63) is 12.2 Å². The maximum Gasteiger partial charge on any atom is 0.331 e. The Hall–Kier alpha value is -2.24. The molecule has 2 heterocycles. The average molecular weight is 653 g/mol. The summed E-state index contributed by atoms with van der Waals surface area (Å²) in [5, 5.41) is 3.34. The van der Waals surface area contributed by atoms with Gasteiger partial charge in [-0.05, 0) is 27.2 Å². The number of ether oxygens (including phenoxy) is 4. The number of morpholine rings is 1. The number of unbranched alkanes of at least 4 members (excludes halogenated alkanes) is 14. The summed E-state index contributed by atoms with van der Waals surface area (Å²) >= 11 is 1.08. The zero-order valence-electron chi connectivity index (χ0n) is 28.5. The van der Waals surface area contributed by atoms with Crippen molar-refractivity contribution in [3.63, 3.8) is 0 Å². The Bertz CT molecular complexity index is 945. The fraction of sp³-hybridized carbons (Fsp3) is 0.824. The van der Waals surface area contributed by atoms with Gasteiger partial charge in [0, 0.05) is 37.3 Å². The van der Waals surface area contributed by atoms with Crippen LogP contribution in [0.5, 0.6) is 5.88 Å². The maximum absolute atomic E-state index is 12.5. The van der Waals surface area contributed by atoms with E-state index in [9.17, 15) is 9.59 Å². The minimum Gasteiger partial charge on any atom is -0.470 e. The topological polar surface area (TPSA) is 112 Å². The van der Waals surface area contributed by atoms with Gasteiger partial charge in [0.15, 0.2) is 0 Å². The van der Waals surface area contributed by atoms with Gasteiger partial charge in [0.05, 0.1) is 31.5 Å². The summed E-state index contributed by atoms with van der Waals surface area (Å²) in [6.07, 6.45) is 20.9. The Morgan fingerprint density at radius 2 is 1.42 bits per heavy atom. The SMILES string of the molecule is CCCCCCCCCCCCCCCCCOC(=O)/C=C/C(=O)O[C@@H](CNC(C)(C)C)COc1nsnc1N1CCOCC1. The van der Waals surface area contributed by atoms with Crippen LogP contribution in [-0.2, 0) is 23.8 Å². The average Bonchev–Trinajstić information content (AvgIpc) is 3.50. The summed E-state index contributed by atoms with van der Waals surface area (Å²) in [5.74, 6) is -0.0832. The number of nitrogens with one attached hydrogen (secondary N) is 1. The van der Waals surface area contributed by atoms with Crippen LogP contribution < -0.4 is 15.0 Å². The Morgan fingerprint density at radius 3 is 2.00 bits per heavy atom. The molecule has 1 atom stereocenters. The minimum absolute atomic E-state index is 0.0923. The molecule has 258 valence electrons. The number of anilines is 1. The molecule has 1 aliphatic rings. The second-order valence-electron chi connectivity index (χ2n) is 12.9. The number of hydrogen-bond acceptors (Lipinski definition) is 11. The molecule has 11 heteroatoms. The third kappa shape index (κ3) is 19.8. The first-order valence-corrected chi connectivity index (χ1v) is 18.1. The lowest BCUT2D eigenvalue weighted by Crippen LogP contribution is -2.44. The van der Waals surface area contributed by atoms with Gasteiger partial charge in [-0.25, -0.2) is 9.59 Å². The van der Waals surface area contributed by atoms with Crippen LogP contribution in [0.3, 0.4) is 0 Å². The van der Waals surface area contributed by atoms with Crippen molar-refractivity contribution in [3.8, 4) is 5.88 Å². The van der Waals surface area contributed by atoms with E-state index in [1.54, 1.807) is 0 Å². The highest BCUT2D eigenvalue weighted by atomic mass is 32.1. The van der Waals surface area contributed by atoms with Crippen LogP contribution in [0, 0.1) is 0 Å². The number of hydrogen-bond donors (Lipinski definition) is 1. The van der Waals surface area contributed by atoms with E-state index in [4.69, 9.17) is 18.9 Å². The highest BCUT2D eigenvalue weighted by Gasteiger charge is 2.23. The molecular formula is C34H60N4O6S. The van der Waals surface area contributed by atoms with Crippen molar-refractivity contribution in [2.45, 2.75) is 136 Å². The number of rotatable bonds is 25. The molecule has 0 spiro atoms. The molecule has 0 unspecified atom stereocenters. The molecular weight excluding hydrogens is 592 g/mol. The summed E-state index contributed by atoms with van der Waals surface area (Å²) < 4.78 is 30.9. The Labute approximate surface area is 276 Å². The van der Waals surface area contributed by atoms with E-state index in [0.717, 1.165) is 43.1 Å². The molecule has 45 heavy (non-hydrogen) atoms. The summed E-state index contributed by atoms with van der Waals surface area (Å²) in [4.78, 5) is 26.7. The van der Waals surface area contributed by atoms with Crippen molar-refractivity contribution in [1.82, 2.24) is 14.1 Å². The van der Waals surface area contributed by atoms with Gasteiger partial charge in [0.2, 0.25) is 5.82 Å². The fourth-order valence-electron chi connectivity index (χ4n) is 5.00. The molecule has 1 aromatic rings. The van der Waals surface area contributed by atoms with Crippen molar-refractivity contribution >= 4 is 29.5 Å². The van der Waals surface area contributed by atoms with Gasteiger partial charge in [-0.15, -0.1) is 4.37 Å². The number of nitrogens with zero attached hydrogens (tertiary/aromatic N) is 3. The van der Waals surface area contributed by atoms with E-state index in [2.05, 4.69) is 25.9 Å². The molecule has 0 saturated carbocycles. The molecule has 0 amide bonds. The first-order valence-electron chi connectivity index (χ1n) is 17.4. The minimum atomic E-state index is -0.631. The van der Waals surface area contributed by atoms with E-state index in [1.807, 2.05) is 20.8 Å². The zero-order valence-corrected chi connectivity index (χ0v) is 29.3. The van der Waals surface area contributed by atoms with Gasteiger partial charge in [-0.1, -0.05) is 96.8 Å². The number of carbonyl (C=O) groups excluding carboxylic acids is 2. The van der Waals surface area contributed by atoms with E-state index >= 15 is 0 Å². The van der Waals surface area contributed by atoms with Crippen molar-refractivity contribution in [2.75, 3.05) is 51.0 Å². The molecule has 1 N–H and O–H groups in total. The highest BCUT2D eigenvalue weighted by molar-refractivity contribution is 6.99. The van der Waals surface area contributed by atoms with Crippen LogP contribution in [-0.4, -0.2) is 78.4 Å². The summed E-state index contributed by atoms with van der Waals surface area (Å²) in [7, 11) is 0. The number of carbonyl (C=O) groups is 2. The maximum atomic E-state index is 12.5. The van der Waals surface area contributed by atoms with Gasteiger partial charge < -0.3 is 29.2 Å². The standard InChI is InChI=1S/C34H60N4O6S/c1-5-6-7-8-9-10-11-12-13-14-15-16-17-18-19-24-42-30(39)20-21-31(40)44-29(27-35-34(2,3)4)28-43-33-32(36-45-37-33)38-22-25-41-26-23-38/h20-21,29,35H,5-19,22-28H2,1-4H3/b21-20+/t29-/m0/s1. The van der Waals surface area contributed by atoms with Crippen LogP contribution >= 0.6 is 11.7 Å². The molecule has 1 fully saturated rings. The van der Waals surface area contributed by atoms with Crippen LogP contribution in [0.15, 0.2) is 12.2 Å². The predicted octanol–water partition coefficient (Wildman–Crippen LogP) is 7.02. The van der Waals surface area contributed by atoms with E-state index < -0.39 is 18.0 Å². The van der Waals surface area contributed by atoms with Crippen molar-refractivity contribution in [2.24, 2.45) is 0 Å². The first kappa shape index (κ1) is 38.9. The Balaban J connectivity index is 1.58. The molecule has 2 rings (SSSR count). The van der Waals surface area contributed by atoms with E-state index in [0.29, 0.717) is 51.2 Å². The first-order chi connectivity index (χ1) is 21.8. The van der Waals surface area contributed by atoms with Gasteiger partial charge >= 0.3 is 11.9 Å². The largest absolute Gasteiger partial charge is 0.470 e. The molecule has 0 radical (unpaired) electrons. The Morgan fingerprint density at radius 1 is 0.867 bits per heavy atom. The molecule has 0 aliphatic carbocycles. The highest BCUT2D eigenvalue weighted by Crippen LogP contribution is 2.26. The molecule has 1 aliphatic heterocycles. The van der Waals surface area contributed by atoms with Gasteiger partial charge in [-0.2, -0.15) is 4.37 Å². The Kier molecular flexibility index (Phi) is 20.8. The normalized spacial score (nSPS) is 14.5. The quantitative estimate of drug-likeness (QED) is 0.0672.